The van der Waals surface area contributed by atoms with E-state index in [2.05, 4.69) is 13.8 Å². The Kier molecular flexibility index (Phi) is 14.3. The standard InChI is InChI=1S/C18H38O4/c1-3-5-7-9-11-15(19)13-17(21)18(22)14-16(20)12-10-8-6-4-2/h15-22H,3-14H2,1-2H3. The molecule has 0 bridgehead atoms. The van der Waals surface area contributed by atoms with Crippen molar-refractivity contribution in [3.05, 3.63) is 0 Å². The van der Waals surface area contributed by atoms with E-state index in [4.69, 9.17) is 0 Å². The maximum Gasteiger partial charge on any atom is 0.0824 e. The summed E-state index contributed by atoms with van der Waals surface area (Å²) in [7, 11) is 0. The van der Waals surface area contributed by atoms with Crippen LogP contribution in [0, 0.1) is 0 Å². The summed E-state index contributed by atoms with van der Waals surface area (Å²) in [6.07, 6.45) is 7.45. The van der Waals surface area contributed by atoms with Gasteiger partial charge in [-0.05, 0) is 12.8 Å². The van der Waals surface area contributed by atoms with Crippen LogP contribution < -0.4 is 0 Å². The van der Waals surface area contributed by atoms with Gasteiger partial charge in [0.05, 0.1) is 24.4 Å². The summed E-state index contributed by atoms with van der Waals surface area (Å²) in [6, 6.07) is 0. The maximum absolute atomic E-state index is 9.93. The second-order valence-corrected chi connectivity index (χ2v) is 6.61. The van der Waals surface area contributed by atoms with E-state index in [1.54, 1.807) is 0 Å². The van der Waals surface area contributed by atoms with Crippen LogP contribution in [-0.2, 0) is 0 Å². The van der Waals surface area contributed by atoms with Crippen LogP contribution in [0.5, 0.6) is 0 Å². The van der Waals surface area contributed by atoms with Gasteiger partial charge in [0, 0.05) is 12.8 Å². The summed E-state index contributed by atoms with van der Waals surface area (Å²) >= 11 is 0. The highest BCUT2D eigenvalue weighted by atomic mass is 16.3. The van der Waals surface area contributed by atoms with Gasteiger partial charge in [0.25, 0.3) is 0 Å². The van der Waals surface area contributed by atoms with E-state index < -0.39 is 24.4 Å². The average Bonchev–Trinajstić information content (AvgIpc) is 2.48. The summed E-state index contributed by atoms with van der Waals surface area (Å²) in [5, 5.41) is 39.6. The van der Waals surface area contributed by atoms with Crippen LogP contribution in [0.15, 0.2) is 0 Å². The molecule has 22 heavy (non-hydrogen) atoms. The van der Waals surface area contributed by atoms with Crippen molar-refractivity contribution in [2.24, 2.45) is 0 Å². The molecule has 4 atom stereocenters. The minimum absolute atomic E-state index is 0.190. The lowest BCUT2D eigenvalue weighted by molar-refractivity contribution is -0.0365. The molecule has 0 saturated carbocycles. The Morgan fingerprint density at radius 1 is 0.545 bits per heavy atom. The van der Waals surface area contributed by atoms with Gasteiger partial charge in [-0.1, -0.05) is 65.2 Å². The second-order valence-electron chi connectivity index (χ2n) is 6.61. The Morgan fingerprint density at radius 2 is 0.909 bits per heavy atom. The molecule has 0 spiro atoms. The van der Waals surface area contributed by atoms with E-state index in [0.29, 0.717) is 12.8 Å². The summed E-state index contributed by atoms with van der Waals surface area (Å²) in [4.78, 5) is 0. The third-order valence-electron chi connectivity index (χ3n) is 4.25. The molecular formula is C18H38O4. The zero-order chi connectivity index (χ0) is 16.8. The molecule has 0 aliphatic rings. The van der Waals surface area contributed by atoms with Gasteiger partial charge in [-0.25, -0.2) is 0 Å². The largest absolute Gasteiger partial charge is 0.393 e. The molecular weight excluding hydrogens is 280 g/mol. The Bertz CT molecular complexity index is 211. The fourth-order valence-electron chi connectivity index (χ4n) is 2.72. The van der Waals surface area contributed by atoms with Crippen molar-refractivity contribution >= 4 is 0 Å². The lowest BCUT2D eigenvalue weighted by atomic mass is 9.97. The lowest BCUT2D eigenvalue weighted by Gasteiger charge is -2.22. The zero-order valence-corrected chi connectivity index (χ0v) is 14.6. The van der Waals surface area contributed by atoms with E-state index in [9.17, 15) is 20.4 Å². The molecule has 0 heterocycles. The number of hydrogen-bond donors (Lipinski definition) is 4. The molecule has 0 aromatic carbocycles. The molecule has 0 amide bonds. The molecule has 0 saturated heterocycles. The Balaban J connectivity index is 3.77. The first-order valence-corrected chi connectivity index (χ1v) is 9.23. The molecule has 134 valence electrons. The molecule has 0 fully saturated rings. The van der Waals surface area contributed by atoms with Gasteiger partial charge in [0.2, 0.25) is 0 Å². The fourth-order valence-corrected chi connectivity index (χ4v) is 2.72. The summed E-state index contributed by atoms with van der Waals surface area (Å²) in [5.74, 6) is 0. The minimum Gasteiger partial charge on any atom is -0.393 e. The normalized spacial score (nSPS) is 17.2. The van der Waals surface area contributed by atoms with Crippen molar-refractivity contribution in [2.75, 3.05) is 0 Å². The molecule has 4 N–H and O–H groups in total. The molecule has 0 aliphatic carbocycles. The summed E-state index contributed by atoms with van der Waals surface area (Å²) in [6.45, 7) is 4.29. The number of unbranched alkanes of at least 4 members (excludes halogenated alkanes) is 6. The van der Waals surface area contributed by atoms with Gasteiger partial charge in [-0.15, -0.1) is 0 Å². The first-order valence-electron chi connectivity index (χ1n) is 9.23. The third kappa shape index (κ3) is 12.4. The van der Waals surface area contributed by atoms with Crippen molar-refractivity contribution in [1.82, 2.24) is 0 Å². The number of rotatable bonds is 15. The van der Waals surface area contributed by atoms with Gasteiger partial charge in [-0.2, -0.15) is 0 Å². The molecule has 4 unspecified atom stereocenters. The van der Waals surface area contributed by atoms with Gasteiger partial charge in [0.1, 0.15) is 0 Å². The fraction of sp³-hybridized carbons (Fsp3) is 1.00. The van der Waals surface area contributed by atoms with Crippen LogP contribution >= 0.6 is 0 Å². The van der Waals surface area contributed by atoms with Crippen LogP contribution in [0.25, 0.3) is 0 Å². The first kappa shape index (κ1) is 21.8. The van der Waals surface area contributed by atoms with Crippen LogP contribution in [-0.4, -0.2) is 44.8 Å². The average molecular weight is 318 g/mol. The van der Waals surface area contributed by atoms with Crippen molar-refractivity contribution in [3.8, 4) is 0 Å². The molecule has 0 aromatic heterocycles. The van der Waals surface area contributed by atoms with Gasteiger partial charge in [0.15, 0.2) is 0 Å². The van der Waals surface area contributed by atoms with E-state index >= 15 is 0 Å². The Hall–Kier alpha value is -0.160. The molecule has 0 rings (SSSR count). The van der Waals surface area contributed by atoms with Crippen molar-refractivity contribution in [3.63, 3.8) is 0 Å². The van der Waals surface area contributed by atoms with Crippen LogP contribution in [0.1, 0.15) is 90.9 Å². The highest BCUT2D eigenvalue weighted by Gasteiger charge is 2.22. The second kappa shape index (κ2) is 14.4. The Labute approximate surface area is 136 Å². The van der Waals surface area contributed by atoms with Crippen LogP contribution in [0.4, 0.5) is 0 Å². The summed E-state index contributed by atoms with van der Waals surface area (Å²) in [5.41, 5.74) is 0. The summed E-state index contributed by atoms with van der Waals surface area (Å²) < 4.78 is 0. The molecule has 0 radical (unpaired) electrons. The number of hydrogen-bond acceptors (Lipinski definition) is 4. The van der Waals surface area contributed by atoms with Crippen molar-refractivity contribution in [2.45, 2.75) is 115 Å². The van der Waals surface area contributed by atoms with E-state index in [-0.39, 0.29) is 12.8 Å². The predicted octanol–water partition coefficient (Wildman–Crippen LogP) is 3.15. The van der Waals surface area contributed by atoms with E-state index in [1.165, 1.54) is 12.8 Å². The van der Waals surface area contributed by atoms with Crippen molar-refractivity contribution in [1.29, 1.82) is 0 Å². The number of aliphatic hydroxyl groups is 4. The van der Waals surface area contributed by atoms with E-state index in [0.717, 1.165) is 38.5 Å². The highest BCUT2D eigenvalue weighted by Crippen LogP contribution is 2.16. The molecule has 0 aromatic rings. The smallest absolute Gasteiger partial charge is 0.0824 e. The molecule has 0 aliphatic heterocycles. The topological polar surface area (TPSA) is 80.9 Å². The molecule has 4 heteroatoms. The monoisotopic (exact) mass is 318 g/mol. The number of aliphatic hydroxyl groups excluding tert-OH is 4. The SMILES string of the molecule is CCCCCCC(O)CC(O)C(O)CC(O)CCCCCC. The van der Waals surface area contributed by atoms with Gasteiger partial charge in [-0.3, -0.25) is 0 Å². The van der Waals surface area contributed by atoms with Crippen LogP contribution in [0.2, 0.25) is 0 Å². The molecule has 4 nitrogen and oxygen atoms in total. The van der Waals surface area contributed by atoms with Gasteiger partial charge < -0.3 is 20.4 Å². The lowest BCUT2D eigenvalue weighted by Crippen LogP contribution is -2.33. The Morgan fingerprint density at radius 3 is 1.23 bits per heavy atom. The highest BCUT2D eigenvalue weighted by molar-refractivity contribution is 4.74. The third-order valence-corrected chi connectivity index (χ3v) is 4.25. The zero-order valence-electron chi connectivity index (χ0n) is 14.6. The minimum atomic E-state index is -0.952. The van der Waals surface area contributed by atoms with Crippen LogP contribution in [0.3, 0.4) is 0 Å². The quantitative estimate of drug-likeness (QED) is 0.350. The maximum atomic E-state index is 9.93. The van der Waals surface area contributed by atoms with Gasteiger partial charge >= 0.3 is 0 Å². The predicted molar refractivity (Wildman–Crippen MR) is 90.8 cm³/mol. The first-order chi connectivity index (χ1) is 10.5. The van der Waals surface area contributed by atoms with E-state index in [1.807, 2.05) is 0 Å². The van der Waals surface area contributed by atoms with Crippen molar-refractivity contribution < 1.29 is 20.4 Å².